The van der Waals surface area contributed by atoms with E-state index in [1.54, 1.807) is 42.5 Å². The molecule has 0 radical (unpaired) electrons. The minimum absolute atomic E-state index is 0.166. The molecule has 0 aliphatic rings. The van der Waals surface area contributed by atoms with Crippen LogP contribution >= 0.6 is 11.6 Å². The monoisotopic (exact) mass is 398 g/mol. The second-order valence-electron chi connectivity index (χ2n) is 6.24. The number of hydrogen-bond donors (Lipinski definition) is 2. The van der Waals surface area contributed by atoms with E-state index < -0.39 is 0 Å². The summed E-state index contributed by atoms with van der Waals surface area (Å²) in [6.45, 7) is 3.65. The van der Waals surface area contributed by atoms with Crippen LogP contribution in [0.3, 0.4) is 0 Å². The molecule has 3 aromatic rings. The number of amides is 2. The van der Waals surface area contributed by atoms with E-state index in [2.05, 4.69) is 10.6 Å². The van der Waals surface area contributed by atoms with Crippen molar-refractivity contribution in [2.45, 2.75) is 13.8 Å². The number of nitrogens with one attached hydrogen (secondary N) is 2. The lowest BCUT2D eigenvalue weighted by molar-refractivity contribution is -0.118. The van der Waals surface area contributed by atoms with E-state index >= 15 is 0 Å². The van der Waals surface area contributed by atoms with E-state index in [1.165, 1.54) is 6.26 Å². The van der Waals surface area contributed by atoms with Crippen molar-refractivity contribution in [3.05, 3.63) is 76.7 Å². The van der Waals surface area contributed by atoms with Gasteiger partial charge in [0.2, 0.25) is 0 Å². The number of anilines is 2. The maximum absolute atomic E-state index is 12.1. The van der Waals surface area contributed by atoms with Crippen LogP contribution in [0.2, 0.25) is 5.02 Å². The van der Waals surface area contributed by atoms with Gasteiger partial charge in [0.15, 0.2) is 12.4 Å². The van der Waals surface area contributed by atoms with Crippen LogP contribution in [0.5, 0.6) is 5.75 Å². The molecule has 0 aliphatic heterocycles. The quantitative estimate of drug-likeness (QED) is 0.623. The number of carbonyl (C=O) groups is 2. The van der Waals surface area contributed by atoms with Gasteiger partial charge in [0.1, 0.15) is 5.75 Å². The first kappa shape index (κ1) is 19.5. The Balaban J connectivity index is 1.54. The zero-order valence-corrected chi connectivity index (χ0v) is 16.2. The predicted octanol–water partition coefficient (Wildman–Crippen LogP) is 4.82. The number of hydrogen-bond acceptors (Lipinski definition) is 4. The minimum atomic E-state index is -0.347. The van der Waals surface area contributed by atoms with Crippen molar-refractivity contribution >= 4 is 34.8 Å². The first-order valence-corrected chi connectivity index (χ1v) is 8.94. The van der Waals surface area contributed by atoms with Gasteiger partial charge in [-0.05, 0) is 67.4 Å². The van der Waals surface area contributed by atoms with E-state index in [0.717, 1.165) is 11.1 Å². The molecular weight excluding hydrogens is 380 g/mol. The molecule has 0 aliphatic carbocycles. The highest BCUT2D eigenvalue weighted by molar-refractivity contribution is 6.32. The van der Waals surface area contributed by atoms with Crippen molar-refractivity contribution in [3.8, 4) is 5.75 Å². The molecule has 2 N–H and O–H groups in total. The van der Waals surface area contributed by atoms with E-state index in [9.17, 15) is 9.59 Å². The third kappa shape index (κ3) is 4.92. The van der Waals surface area contributed by atoms with Crippen LogP contribution in [0.1, 0.15) is 21.7 Å². The van der Waals surface area contributed by atoms with E-state index in [4.69, 9.17) is 20.8 Å². The largest absolute Gasteiger partial charge is 0.482 e. The number of carbonyl (C=O) groups excluding carboxylic acids is 2. The molecule has 0 saturated carbocycles. The fourth-order valence-corrected chi connectivity index (χ4v) is 3.03. The van der Waals surface area contributed by atoms with Gasteiger partial charge >= 0.3 is 0 Å². The molecule has 7 heteroatoms. The Kier molecular flexibility index (Phi) is 6.01. The topological polar surface area (TPSA) is 80.6 Å². The van der Waals surface area contributed by atoms with Crippen molar-refractivity contribution in [3.63, 3.8) is 0 Å². The number of ether oxygens (including phenoxy) is 1. The Labute approximate surface area is 167 Å². The molecule has 2 aromatic carbocycles. The van der Waals surface area contributed by atoms with Crippen LogP contribution in [-0.2, 0) is 4.79 Å². The Hall–Kier alpha value is -3.25. The summed E-state index contributed by atoms with van der Waals surface area (Å²) in [5.41, 5.74) is 3.06. The highest BCUT2D eigenvalue weighted by Gasteiger charge is 2.11. The Morgan fingerprint density at radius 1 is 1.04 bits per heavy atom. The summed E-state index contributed by atoms with van der Waals surface area (Å²) in [6.07, 6.45) is 1.43. The number of aryl methyl sites for hydroxylation is 2. The van der Waals surface area contributed by atoms with Crippen molar-refractivity contribution in [1.82, 2.24) is 0 Å². The first-order valence-electron chi connectivity index (χ1n) is 8.56. The average Bonchev–Trinajstić information content (AvgIpc) is 3.17. The zero-order chi connectivity index (χ0) is 20.1. The summed E-state index contributed by atoms with van der Waals surface area (Å²) < 4.78 is 10.6. The maximum atomic E-state index is 12.1. The standard InChI is InChI=1S/C21H19ClN2O4/c1-13-10-14(2)20(17(22)11-13)28-12-19(25)23-15-5-7-16(8-6-15)24-21(26)18-4-3-9-27-18/h3-11H,12H2,1-2H3,(H,23,25)(H,24,26). The highest BCUT2D eigenvalue weighted by Crippen LogP contribution is 2.29. The van der Waals surface area contributed by atoms with Crippen LogP contribution in [0.25, 0.3) is 0 Å². The molecule has 1 heterocycles. The smallest absolute Gasteiger partial charge is 0.291 e. The summed E-state index contributed by atoms with van der Waals surface area (Å²) in [4.78, 5) is 24.1. The van der Waals surface area contributed by atoms with Crippen LogP contribution < -0.4 is 15.4 Å². The number of rotatable bonds is 6. The molecule has 0 fully saturated rings. The lowest BCUT2D eigenvalue weighted by Gasteiger charge is -2.12. The normalized spacial score (nSPS) is 10.4. The second kappa shape index (κ2) is 8.63. The molecule has 0 unspecified atom stereocenters. The Bertz CT molecular complexity index is 959. The molecule has 1 aromatic heterocycles. The summed E-state index contributed by atoms with van der Waals surface area (Å²) in [5.74, 6) is 0.0573. The summed E-state index contributed by atoms with van der Waals surface area (Å²) in [5, 5.41) is 5.91. The van der Waals surface area contributed by atoms with Gasteiger partial charge in [0, 0.05) is 11.4 Å². The van der Waals surface area contributed by atoms with Gasteiger partial charge in [-0.15, -0.1) is 0 Å². The van der Waals surface area contributed by atoms with E-state index in [-0.39, 0.29) is 24.2 Å². The van der Waals surface area contributed by atoms with Gasteiger partial charge in [-0.25, -0.2) is 0 Å². The molecule has 3 rings (SSSR count). The molecule has 0 bridgehead atoms. The van der Waals surface area contributed by atoms with Gasteiger partial charge in [-0.1, -0.05) is 17.7 Å². The lowest BCUT2D eigenvalue weighted by Crippen LogP contribution is -2.20. The van der Waals surface area contributed by atoms with Gasteiger partial charge < -0.3 is 19.8 Å². The number of furan rings is 1. The molecular formula is C21H19ClN2O4. The predicted molar refractivity (Wildman–Crippen MR) is 108 cm³/mol. The number of halogens is 1. The molecule has 0 saturated heterocycles. The third-order valence-corrected chi connectivity index (χ3v) is 4.17. The van der Waals surface area contributed by atoms with Crippen LogP contribution in [0.4, 0.5) is 11.4 Å². The van der Waals surface area contributed by atoms with E-state index in [1.807, 2.05) is 19.9 Å². The minimum Gasteiger partial charge on any atom is -0.482 e. The molecule has 0 atom stereocenters. The first-order chi connectivity index (χ1) is 13.4. The van der Waals surface area contributed by atoms with Gasteiger partial charge in [0.05, 0.1) is 11.3 Å². The molecule has 28 heavy (non-hydrogen) atoms. The van der Waals surface area contributed by atoms with Crippen molar-refractivity contribution in [2.24, 2.45) is 0 Å². The third-order valence-electron chi connectivity index (χ3n) is 3.89. The molecule has 0 spiro atoms. The number of benzene rings is 2. The summed E-state index contributed by atoms with van der Waals surface area (Å²) in [7, 11) is 0. The average molecular weight is 399 g/mol. The van der Waals surface area contributed by atoms with Crippen molar-refractivity contribution < 1.29 is 18.7 Å². The molecule has 6 nitrogen and oxygen atoms in total. The molecule has 144 valence electrons. The fraction of sp³-hybridized carbons (Fsp3) is 0.143. The summed E-state index contributed by atoms with van der Waals surface area (Å²) >= 11 is 6.18. The van der Waals surface area contributed by atoms with Crippen LogP contribution in [0, 0.1) is 13.8 Å². The van der Waals surface area contributed by atoms with Crippen LogP contribution in [0.15, 0.2) is 59.2 Å². The SMILES string of the molecule is Cc1cc(C)c(OCC(=O)Nc2ccc(NC(=O)c3ccco3)cc2)c(Cl)c1. The molecule has 2 amide bonds. The van der Waals surface area contributed by atoms with Crippen LogP contribution in [-0.4, -0.2) is 18.4 Å². The van der Waals surface area contributed by atoms with Crippen molar-refractivity contribution in [1.29, 1.82) is 0 Å². The summed E-state index contributed by atoms with van der Waals surface area (Å²) in [6, 6.07) is 13.7. The van der Waals surface area contributed by atoms with Gasteiger partial charge in [-0.3, -0.25) is 9.59 Å². The van der Waals surface area contributed by atoms with Gasteiger partial charge in [0.25, 0.3) is 11.8 Å². The fourth-order valence-electron chi connectivity index (χ4n) is 2.66. The second-order valence-corrected chi connectivity index (χ2v) is 6.65. The zero-order valence-electron chi connectivity index (χ0n) is 15.4. The lowest BCUT2D eigenvalue weighted by atomic mass is 10.1. The highest BCUT2D eigenvalue weighted by atomic mass is 35.5. The Morgan fingerprint density at radius 3 is 2.32 bits per heavy atom. The van der Waals surface area contributed by atoms with Gasteiger partial charge in [-0.2, -0.15) is 0 Å². The van der Waals surface area contributed by atoms with Crippen molar-refractivity contribution in [2.75, 3.05) is 17.2 Å². The maximum Gasteiger partial charge on any atom is 0.291 e. The Morgan fingerprint density at radius 2 is 1.71 bits per heavy atom. The van der Waals surface area contributed by atoms with E-state index in [0.29, 0.717) is 22.1 Å².